The van der Waals surface area contributed by atoms with Crippen molar-refractivity contribution >= 4 is 12.1 Å². The Morgan fingerprint density at radius 2 is 1.92 bits per heavy atom. The molecule has 0 radical (unpaired) electrons. The van der Waals surface area contributed by atoms with Gasteiger partial charge in [-0.05, 0) is 37.2 Å². The zero-order chi connectivity index (χ0) is 17.2. The van der Waals surface area contributed by atoms with Crippen molar-refractivity contribution in [2.75, 3.05) is 13.2 Å². The number of carbonyl (C=O) groups is 2. The van der Waals surface area contributed by atoms with Gasteiger partial charge in [0.2, 0.25) is 0 Å². The van der Waals surface area contributed by atoms with Crippen LogP contribution >= 0.6 is 0 Å². The van der Waals surface area contributed by atoms with Crippen molar-refractivity contribution in [3.05, 3.63) is 35.9 Å². The van der Waals surface area contributed by atoms with Crippen LogP contribution < -0.4 is 0 Å². The molecular formula is C18H23NO5. The maximum Gasteiger partial charge on any atom is 0.410 e. The zero-order valence-corrected chi connectivity index (χ0v) is 13.8. The summed E-state index contributed by atoms with van der Waals surface area (Å²) in [7, 11) is 0. The van der Waals surface area contributed by atoms with Crippen molar-refractivity contribution < 1.29 is 24.2 Å². The normalized spacial score (nSPS) is 28.5. The summed E-state index contributed by atoms with van der Waals surface area (Å²) < 4.78 is 10.5. The van der Waals surface area contributed by atoms with E-state index >= 15 is 0 Å². The molecule has 1 amide bonds. The molecule has 1 unspecified atom stereocenters. The van der Waals surface area contributed by atoms with Crippen molar-refractivity contribution in [2.24, 2.45) is 5.41 Å². The number of hydrogen-bond acceptors (Lipinski definition) is 5. The Kier molecular flexibility index (Phi) is 4.76. The molecule has 1 atom stereocenters. The largest absolute Gasteiger partial charge is 0.464 e. The first-order valence-electron chi connectivity index (χ1n) is 8.35. The third kappa shape index (κ3) is 3.38. The Morgan fingerprint density at radius 3 is 2.54 bits per heavy atom. The summed E-state index contributed by atoms with van der Waals surface area (Å²) in [4.78, 5) is 26.2. The molecule has 1 heterocycles. The first-order chi connectivity index (χ1) is 11.5. The van der Waals surface area contributed by atoms with Crippen LogP contribution in [-0.2, 0) is 20.9 Å². The molecule has 2 fully saturated rings. The van der Waals surface area contributed by atoms with Crippen LogP contribution in [-0.4, -0.2) is 47.4 Å². The average Bonchev–Trinajstić information content (AvgIpc) is 2.94. The number of ether oxygens (including phenoxy) is 2. The van der Waals surface area contributed by atoms with Crippen LogP contribution in [0.1, 0.15) is 31.7 Å². The van der Waals surface area contributed by atoms with Gasteiger partial charge in [0.05, 0.1) is 12.7 Å². The molecule has 6 heteroatoms. The maximum atomic E-state index is 12.5. The molecule has 1 saturated carbocycles. The Balaban J connectivity index is 1.66. The van der Waals surface area contributed by atoms with Crippen LogP contribution in [0.4, 0.5) is 4.79 Å². The topological polar surface area (TPSA) is 76.1 Å². The molecule has 3 rings (SSSR count). The third-order valence-electron chi connectivity index (χ3n) is 4.84. The minimum absolute atomic E-state index is 0.168. The van der Waals surface area contributed by atoms with Gasteiger partial charge in [-0.25, -0.2) is 9.59 Å². The summed E-state index contributed by atoms with van der Waals surface area (Å²) in [6.07, 6.45) is 0.920. The summed E-state index contributed by atoms with van der Waals surface area (Å²) in [5.41, 5.74) is 0.717. The summed E-state index contributed by atoms with van der Waals surface area (Å²) >= 11 is 0. The van der Waals surface area contributed by atoms with Gasteiger partial charge in [-0.2, -0.15) is 0 Å². The Morgan fingerprint density at radius 1 is 1.21 bits per heavy atom. The fraction of sp³-hybridized carbons (Fsp3) is 0.556. The zero-order valence-electron chi connectivity index (χ0n) is 13.8. The van der Waals surface area contributed by atoms with Gasteiger partial charge in [0.25, 0.3) is 0 Å². The molecular weight excluding hydrogens is 310 g/mol. The van der Waals surface area contributed by atoms with E-state index < -0.39 is 18.1 Å². The predicted molar refractivity (Wildman–Crippen MR) is 86.0 cm³/mol. The van der Waals surface area contributed by atoms with Crippen molar-refractivity contribution in [1.29, 1.82) is 0 Å². The van der Waals surface area contributed by atoms with E-state index in [0.717, 1.165) is 5.56 Å². The molecule has 0 aromatic heterocycles. The molecule has 130 valence electrons. The van der Waals surface area contributed by atoms with Gasteiger partial charge in [-0.15, -0.1) is 0 Å². The monoisotopic (exact) mass is 333 g/mol. The van der Waals surface area contributed by atoms with Crippen LogP contribution in [0.25, 0.3) is 0 Å². The average molecular weight is 333 g/mol. The fourth-order valence-electron chi connectivity index (χ4n) is 3.74. The standard InChI is InChI=1S/C18H23NO5/c1-2-23-16(21)15-10-18(8-14(20)9-18)12-19(15)17(22)24-11-13-6-4-3-5-7-13/h3-7,14-15,20H,2,8-12H2,1H3. The molecule has 1 aromatic rings. The minimum Gasteiger partial charge on any atom is -0.464 e. The first kappa shape index (κ1) is 16.8. The lowest BCUT2D eigenvalue weighted by molar-refractivity contribution is -0.148. The van der Waals surface area contributed by atoms with Gasteiger partial charge < -0.3 is 14.6 Å². The van der Waals surface area contributed by atoms with E-state index in [1.54, 1.807) is 6.92 Å². The van der Waals surface area contributed by atoms with E-state index in [4.69, 9.17) is 9.47 Å². The molecule has 1 saturated heterocycles. The highest BCUT2D eigenvalue weighted by atomic mass is 16.6. The van der Waals surface area contributed by atoms with Gasteiger partial charge in [0, 0.05) is 6.54 Å². The number of rotatable bonds is 4. The Labute approximate surface area is 141 Å². The fourth-order valence-corrected chi connectivity index (χ4v) is 3.74. The number of benzene rings is 1. The Hall–Kier alpha value is -2.08. The number of hydrogen-bond donors (Lipinski definition) is 1. The number of carbonyl (C=O) groups excluding carboxylic acids is 2. The highest BCUT2D eigenvalue weighted by Crippen LogP contribution is 2.50. The highest BCUT2D eigenvalue weighted by molar-refractivity contribution is 5.82. The number of aliphatic hydroxyl groups excluding tert-OH is 1. The summed E-state index contributed by atoms with van der Waals surface area (Å²) in [6.45, 7) is 2.62. The van der Waals surface area contributed by atoms with E-state index in [1.165, 1.54) is 4.90 Å². The maximum absolute atomic E-state index is 12.5. The van der Waals surface area contributed by atoms with Crippen molar-refractivity contribution in [1.82, 2.24) is 4.90 Å². The third-order valence-corrected chi connectivity index (χ3v) is 4.84. The van der Waals surface area contributed by atoms with E-state index in [-0.39, 0.29) is 24.7 Å². The van der Waals surface area contributed by atoms with E-state index in [2.05, 4.69) is 0 Å². The van der Waals surface area contributed by atoms with Crippen molar-refractivity contribution in [3.63, 3.8) is 0 Å². The SMILES string of the molecule is CCOC(=O)C1CC2(CC(O)C2)CN1C(=O)OCc1ccccc1. The van der Waals surface area contributed by atoms with E-state index in [0.29, 0.717) is 25.8 Å². The van der Waals surface area contributed by atoms with Crippen molar-refractivity contribution in [2.45, 2.75) is 44.9 Å². The highest BCUT2D eigenvalue weighted by Gasteiger charge is 2.55. The minimum atomic E-state index is -0.624. The quantitative estimate of drug-likeness (QED) is 0.854. The van der Waals surface area contributed by atoms with Gasteiger partial charge in [-0.3, -0.25) is 4.90 Å². The number of amides is 1. The first-order valence-corrected chi connectivity index (χ1v) is 8.35. The second-order valence-electron chi connectivity index (χ2n) is 6.70. The molecule has 1 spiro atoms. The number of nitrogens with zero attached hydrogens (tertiary/aromatic N) is 1. The molecule has 6 nitrogen and oxygen atoms in total. The van der Waals surface area contributed by atoms with Crippen LogP contribution in [0.15, 0.2) is 30.3 Å². The summed E-state index contributed by atoms with van der Waals surface area (Å²) in [5.74, 6) is -0.396. The molecule has 1 aliphatic heterocycles. The van der Waals surface area contributed by atoms with E-state index in [1.807, 2.05) is 30.3 Å². The lowest BCUT2D eigenvalue weighted by Gasteiger charge is -2.42. The molecule has 1 aliphatic carbocycles. The van der Waals surface area contributed by atoms with Gasteiger partial charge in [0.1, 0.15) is 12.6 Å². The molecule has 24 heavy (non-hydrogen) atoms. The number of likely N-dealkylation sites (tertiary alicyclic amines) is 1. The molecule has 2 aliphatic rings. The Bertz CT molecular complexity index is 597. The van der Waals surface area contributed by atoms with Gasteiger partial charge in [0.15, 0.2) is 0 Å². The molecule has 0 bridgehead atoms. The number of esters is 1. The molecule has 1 N–H and O–H groups in total. The summed E-state index contributed by atoms with van der Waals surface area (Å²) in [6, 6.07) is 8.79. The summed E-state index contributed by atoms with van der Waals surface area (Å²) in [5, 5.41) is 9.63. The van der Waals surface area contributed by atoms with Crippen LogP contribution in [0.5, 0.6) is 0 Å². The second kappa shape index (κ2) is 6.81. The van der Waals surface area contributed by atoms with Crippen LogP contribution in [0, 0.1) is 5.41 Å². The second-order valence-corrected chi connectivity index (χ2v) is 6.70. The van der Waals surface area contributed by atoms with Crippen LogP contribution in [0.3, 0.4) is 0 Å². The molecule has 1 aromatic carbocycles. The van der Waals surface area contributed by atoms with Crippen molar-refractivity contribution in [3.8, 4) is 0 Å². The predicted octanol–water partition coefficient (Wildman–Crippen LogP) is 2.10. The van der Waals surface area contributed by atoms with E-state index in [9.17, 15) is 14.7 Å². The lowest BCUT2D eigenvalue weighted by atomic mass is 9.65. The lowest BCUT2D eigenvalue weighted by Crippen LogP contribution is -2.44. The van der Waals surface area contributed by atoms with Gasteiger partial charge >= 0.3 is 12.1 Å². The van der Waals surface area contributed by atoms with Gasteiger partial charge in [-0.1, -0.05) is 30.3 Å². The van der Waals surface area contributed by atoms with Crippen LogP contribution in [0.2, 0.25) is 0 Å². The smallest absolute Gasteiger partial charge is 0.410 e. The number of aliphatic hydroxyl groups is 1.